The van der Waals surface area contributed by atoms with Crippen LogP contribution < -0.4 is 5.73 Å². The highest BCUT2D eigenvalue weighted by Gasteiger charge is 2.43. The van der Waals surface area contributed by atoms with Crippen LogP contribution in [-0.4, -0.2) is 18.8 Å². The second-order valence-electron chi connectivity index (χ2n) is 4.85. The quantitative estimate of drug-likeness (QED) is 0.710. The third-order valence-electron chi connectivity index (χ3n) is 3.97. The molecular formula is C11H21NO. The van der Waals surface area contributed by atoms with Crippen molar-refractivity contribution in [2.75, 3.05) is 13.2 Å². The molecule has 0 aromatic rings. The first kappa shape index (κ1) is 9.47. The Morgan fingerprint density at radius 3 is 2.85 bits per heavy atom. The van der Waals surface area contributed by atoms with Gasteiger partial charge in [0.15, 0.2) is 0 Å². The Kier molecular flexibility index (Phi) is 2.61. The number of hydrogen-bond acceptors (Lipinski definition) is 2. The summed E-state index contributed by atoms with van der Waals surface area (Å²) in [5.41, 5.74) is 6.01. The molecule has 1 saturated heterocycles. The second kappa shape index (κ2) is 3.58. The maximum atomic E-state index is 5.89. The van der Waals surface area contributed by atoms with Gasteiger partial charge in [-0.15, -0.1) is 0 Å². The number of rotatable bonds is 2. The van der Waals surface area contributed by atoms with Gasteiger partial charge in [-0.25, -0.2) is 0 Å². The molecule has 2 atom stereocenters. The van der Waals surface area contributed by atoms with Gasteiger partial charge in [0.05, 0.1) is 5.60 Å². The number of ether oxygens (including phenoxy) is 1. The van der Waals surface area contributed by atoms with Crippen molar-refractivity contribution >= 4 is 0 Å². The molecule has 0 amide bonds. The zero-order chi connectivity index (χ0) is 9.31. The molecule has 2 rings (SSSR count). The van der Waals surface area contributed by atoms with Gasteiger partial charge in [0, 0.05) is 6.61 Å². The largest absolute Gasteiger partial charge is 0.375 e. The van der Waals surface area contributed by atoms with Crippen molar-refractivity contribution in [1.82, 2.24) is 0 Å². The fourth-order valence-electron chi connectivity index (χ4n) is 2.66. The molecular weight excluding hydrogens is 162 g/mol. The number of hydrogen-bond donors (Lipinski definition) is 1. The van der Waals surface area contributed by atoms with Crippen LogP contribution in [0.15, 0.2) is 0 Å². The van der Waals surface area contributed by atoms with E-state index in [2.05, 4.69) is 6.92 Å². The lowest BCUT2D eigenvalue weighted by molar-refractivity contribution is -0.148. The van der Waals surface area contributed by atoms with Crippen LogP contribution in [0.25, 0.3) is 0 Å². The molecule has 2 fully saturated rings. The first-order valence-electron chi connectivity index (χ1n) is 5.60. The van der Waals surface area contributed by atoms with Crippen LogP contribution >= 0.6 is 0 Å². The van der Waals surface area contributed by atoms with Crippen molar-refractivity contribution < 1.29 is 4.74 Å². The Labute approximate surface area is 80.8 Å². The fourth-order valence-corrected chi connectivity index (χ4v) is 2.66. The normalized spacial score (nSPS) is 34.2. The lowest BCUT2D eigenvalue weighted by Gasteiger charge is -2.48. The molecule has 1 heterocycles. The average Bonchev–Trinajstić information content (AvgIpc) is 2.14. The molecule has 0 bridgehead atoms. The van der Waals surface area contributed by atoms with E-state index in [1.165, 1.54) is 32.1 Å². The minimum atomic E-state index is 0.298. The first-order valence-corrected chi connectivity index (χ1v) is 5.60. The zero-order valence-electron chi connectivity index (χ0n) is 8.59. The Morgan fingerprint density at radius 2 is 2.31 bits per heavy atom. The van der Waals surface area contributed by atoms with Gasteiger partial charge in [0.2, 0.25) is 0 Å². The van der Waals surface area contributed by atoms with E-state index in [1.807, 2.05) is 0 Å². The van der Waals surface area contributed by atoms with Crippen LogP contribution in [0.3, 0.4) is 0 Å². The predicted octanol–water partition coefficient (Wildman–Crippen LogP) is 1.93. The van der Waals surface area contributed by atoms with E-state index in [9.17, 15) is 0 Å². The highest BCUT2D eigenvalue weighted by atomic mass is 16.5. The molecule has 2 heteroatoms. The maximum Gasteiger partial charge on any atom is 0.0685 e. The topological polar surface area (TPSA) is 35.2 Å². The molecule has 2 unspecified atom stereocenters. The summed E-state index contributed by atoms with van der Waals surface area (Å²) in [6, 6.07) is 0. The van der Waals surface area contributed by atoms with E-state index in [4.69, 9.17) is 10.5 Å². The van der Waals surface area contributed by atoms with Crippen molar-refractivity contribution in [3.8, 4) is 0 Å². The maximum absolute atomic E-state index is 5.89. The molecule has 0 aromatic carbocycles. The minimum Gasteiger partial charge on any atom is -0.375 e. The van der Waals surface area contributed by atoms with Crippen LogP contribution in [0.5, 0.6) is 0 Å². The zero-order valence-corrected chi connectivity index (χ0v) is 8.59. The summed E-state index contributed by atoms with van der Waals surface area (Å²) >= 11 is 0. The fraction of sp³-hybridized carbons (Fsp3) is 1.00. The molecule has 0 aromatic heterocycles. The molecule has 2 N–H and O–H groups in total. The summed E-state index contributed by atoms with van der Waals surface area (Å²) in [7, 11) is 0. The van der Waals surface area contributed by atoms with Gasteiger partial charge in [-0.1, -0.05) is 6.92 Å². The molecule has 1 aliphatic heterocycles. The van der Waals surface area contributed by atoms with Gasteiger partial charge in [-0.2, -0.15) is 0 Å². The van der Waals surface area contributed by atoms with Crippen molar-refractivity contribution in [3.63, 3.8) is 0 Å². The van der Waals surface area contributed by atoms with Crippen LogP contribution in [0.4, 0.5) is 0 Å². The summed E-state index contributed by atoms with van der Waals surface area (Å²) in [6.45, 7) is 4.08. The van der Waals surface area contributed by atoms with Gasteiger partial charge in [-0.3, -0.25) is 0 Å². The molecule has 13 heavy (non-hydrogen) atoms. The van der Waals surface area contributed by atoms with Crippen molar-refractivity contribution in [2.45, 2.75) is 44.6 Å². The van der Waals surface area contributed by atoms with Gasteiger partial charge < -0.3 is 10.5 Å². The minimum absolute atomic E-state index is 0.298. The Balaban J connectivity index is 1.92. The summed E-state index contributed by atoms with van der Waals surface area (Å²) < 4.78 is 5.89. The summed E-state index contributed by atoms with van der Waals surface area (Å²) in [4.78, 5) is 0. The lowest BCUT2D eigenvalue weighted by atomic mass is 9.69. The van der Waals surface area contributed by atoms with Crippen LogP contribution in [0.2, 0.25) is 0 Å². The molecule has 76 valence electrons. The van der Waals surface area contributed by atoms with Gasteiger partial charge in [0.25, 0.3) is 0 Å². The molecule has 2 nitrogen and oxygen atoms in total. The van der Waals surface area contributed by atoms with E-state index >= 15 is 0 Å². The van der Waals surface area contributed by atoms with Gasteiger partial charge in [-0.05, 0) is 50.5 Å². The Bertz CT molecular complexity index is 177. The first-order chi connectivity index (χ1) is 6.26. The monoisotopic (exact) mass is 183 g/mol. The van der Waals surface area contributed by atoms with E-state index in [0.717, 1.165) is 19.1 Å². The Hall–Kier alpha value is -0.0800. The highest BCUT2D eigenvalue weighted by Crippen LogP contribution is 2.45. The van der Waals surface area contributed by atoms with E-state index < -0.39 is 0 Å². The second-order valence-corrected chi connectivity index (χ2v) is 4.85. The van der Waals surface area contributed by atoms with Crippen LogP contribution in [-0.2, 0) is 4.74 Å². The SMILES string of the molecule is CC(CN)C1CCOC2(CCC2)C1. The smallest absolute Gasteiger partial charge is 0.0685 e. The molecule has 2 aliphatic rings. The van der Waals surface area contributed by atoms with E-state index in [1.54, 1.807) is 0 Å². The highest BCUT2D eigenvalue weighted by molar-refractivity contribution is 4.94. The standard InChI is InChI=1S/C11H21NO/c1-9(8-12)10-3-6-13-11(7-10)4-2-5-11/h9-10H,2-8,12H2,1H3. The average molecular weight is 183 g/mol. The molecule has 0 radical (unpaired) electrons. The van der Waals surface area contributed by atoms with Crippen LogP contribution in [0, 0.1) is 11.8 Å². The Morgan fingerprint density at radius 1 is 1.54 bits per heavy atom. The predicted molar refractivity (Wildman–Crippen MR) is 53.5 cm³/mol. The summed E-state index contributed by atoms with van der Waals surface area (Å²) in [5.74, 6) is 1.50. The van der Waals surface area contributed by atoms with Crippen molar-refractivity contribution in [2.24, 2.45) is 17.6 Å². The third kappa shape index (κ3) is 1.75. The van der Waals surface area contributed by atoms with Crippen molar-refractivity contribution in [3.05, 3.63) is 0 Å². The number of nitrogens with two attached hydrogens (primary N) is 1. The third-order valence-corrected chi connectivity index (χ3v) is 3.97. The molecule has 1 saturated carbocycles. The molecule has 1 spiro atoms. The van der Waals surface area contributed by atoms with Crippen molar-refractivity contribution in [1.29, 1.82) is 0 Å². The van der Waals surface area contributed by atoms with Gasteiger partial charge >= 0.3 is 0 Å². The van der Waals surface area contributed by atoms with Crippen LogP contribution in [0.1, 0.15) is 39.0 Å². The summed E-state index contributed by atoms with van der Waals surface area (Å²) in [6.07, 6.45) is 6.44. The summed E-state index contributed by atoms with van der Waals surface area (Å²) in [5, 5.41) is 0. The lowest BCUT2D eigenvalue weighted by Crippen LogP contribution is -2.47. The van der Waals surface area contributed by atoms with E-state index in [0.29, 0.717) is 11.5 Å². The van der Waals surface area contributed by atoms with Gasteiger partial charge in [0.1, 0.15) is 0 Å². The molecule has 1 aliphatic carbocycles. The van der Waals surface area contributed by atoms with E-state index in [-0.39, 0.29) is 0 Å².